The van der Waals surface area contributed by atoms with E-state index < -0.39 is 0 Å². The summed E-state index contributed by atoms with van der Waals surface area (Å²) in [5.74, 6) is 1.09. The summed E-state index contributed by atoms with van der Waals surface area (Å²) in [6.45, 7) is 17.6. The molecule has 98 valence electrons. The molecule has 0 aromatic rings. The van der Waals surface area contributed by atoms with Gasteiger partial charge in [-0.25, -0.2) is 0 Å². The van der Waals surface area contributed by atoms with Crippen LogP contribution in [-0.2, 0) is 4.79 Å². The summed E-state index contributed by atoms with van der Waals surface area (Å²) in [6, 6.07) is 0. The summed E-state index contributed by atoms with van der Waals surface area (Å²) in [7, 11) is 0. The second kappa shape index (κ2) is 8.60. The molecule has 0 heterocycles. The Morgan fingerprint density at radius 3 is 1.75 bits per heavy atom. The predicted molar refractivity (Wildman–Crippen MR) is 72.4 cm³/mol. The number of amides is 1. The number of hydrogen-bond donors (Lipinski definition) is 1. The molecule has 0 aliphatic heterocycles. The molecule has 0 saturated heterocycles. The Morgan fingerprint density at radius 2 is 1.50 bits per heavy atom. The molecule has 16 heavy (non-hydrogen) atoms. The topological polar surface area (TPSA) is 29.1 Å². The van der Waals surface area contributed by atoms with Gasteiger partial charge in [0.1, 0.15) is 0 Å². The van der Waals surface area contributed by atoms with Gasteiger partial charge in [0, 0.05) is 12.5 Å². The number of rotatable bonds is 3. The van der Waals surface area contributed by atoms with E-state index in [9.17, 15) is 4.79 Å². The Morgan fingerprint density at radius 1 is 1.12 bits per heavy atom. The van der Waals surface area contributed by atoms with Crippen molar-refractivity contribution in [1.29, 1.82) is 0 Å². The largest absolute Gasteiger partial charge is 0.356 e. The van der Waals surface area contributed by atoms with Crippen molar-refractivity contribution in [3.8, 4) is 0 Å². The minimum absolute atomic E-state index is 0.0673. The summed E-state index contributed by atoms with van der Waals surface area (Å²) < 4.78 is 0. The minimum Gasteiger partial charge on any atom is -0.356 e. The number of carbonyl (C=O) groups excluding carboxylic acids is 1. The zero-order chi connectivity index (χ0) is 13.4. The molecule has 0 bridgehead atoms. The molecule has 0 aromatic heterocycles. The zero-order valence-electron chi connectivity index (χ0n) is 12.5. The van der Waals surface area contributed by atoms with Crippen LogP contribution >= 0.6 is 0 Å². The van der Waals surface area contributed by atoms with Crippen molar-refractivity contribution in [2.24, 2.45) is 17.3 Å². The molecule has 0 rings (SSSR count). The fraction of sp³-hybridized carbons (Fsp3) is 0.929. The lowest BCUT2D eigenvalue weighted by atomic mass is 9.81. The van der Waals surface area contributed by atoms with E-state index in [4.69, 9.17) is 0 Å². The molecule has 0 aromatic carbocycles. The third-order valence-electron chi connectivity index (χ3n) is 2.24. The third-order valence-corrected chi connectivity index (χ3v) is 2.24. The van der Waals surface area contributed by atoms with Crippen LogP contribution in [0, 0.1) is 17.3 Å². The summed E-state index contributed by atoms with van der Waals surface area (Å²) in [6.07, 6.45) is 1.00. The zero-order valence-corrected chi connectivity index (χ0v) is 12.5. The maximum absolute atomic E-state index is 11.4. The molecule has 2 nitrogen and oxygen atoms in total. The van der Waals surface area contributed by atoms with Crippen molar-refractivity contribution >= 4 is 5.91 Å². The van der Waals surface area contributed by atoms with E-state index in [0.717, 1.165) is 18.9 Å². The van der Waals surface area contributed by atoms with E-state index in [1.54, 1.807) is 0 Å². The SMILES string of the molecule is CC(C)C.CCCNC(=O)C(C)C(C)(C)C. The third kappa shape index (κ3) is 11.5. The standard InChI is InChI=1S/C10H21NO.C4H10/c1-6-7-11-9(12)8(2)10(3,4)5;1-4(2)3/h8H,6-7H2,1-5H3,(H,11,12);4H,1-3H3. The summed E-state index contributed by atoms with van der Waals surface area (Å²) >= 11 is 0. The Kier molecular flexibility index (Phi) is 9.60. The molecule has 1 atom stereocenters. The molecule has 0 aliphatic rings. The van der Waals surface area contributed by atoms with Gasteiger partial charge in [-0.3, -0.25) is 4.79 Å². The average molecular weight is 229 g/mol. The van der Waals surface area contributed by atoms with Crippen molar-refractivity contribution in [2.45, 2.75) is 61.8 Å². The van der Waals surface area contributed by atoms with Crippen LogP contribution in [0.25, 0.3) is 0 Å². The summed E-state index contributed by atoms with van der Waals surface area (Å²) in [5, 5.41) is 2.90. The molecular weight excluding hydrogens is 198 g/mol. The van der Waals surface area contributed by atoms with Gasteiger partial charge in [0.15, 0.2) is 0 Å². The first-order valence-electron chi connectivity index (χ1n) is 6.40. The molecule has 0 aliphatic carbocycles. The number of carbonyl (C=O) groups is 1. The van der Waals surface area contributed by atoms with Gasteiger partial charge in [0.05, 0.1) is 0 Å². The van der Waals surface area contributed by atoms with Gasteiger partial charge < -0.3 is 5.32 Å². The highest BCUT2D eigenvalue weighted by Crippen LogP contribution is 2.24. The van der Waals surface area contributed by atoms with Crippen LogP contribution in [0.5, 0.6) is 0 Å². The lowest BCUT2D eigenvalue weighted by molar-refractivity contribution is -0.127. The van der Waals surface area contributed by atoms with E-state index in [1.807, 2.05) is 6.92 Å². The molecule has 1 unspecified atom stereocenters. The Balaban J connectivity index is 0. The fourth-order valence-corrected chi connectivity index (χ4v) is 0.795. The Hall–Kier alpha value is -0.530. The van der Waals surface area contributed by atoms with Gasteiger partial charge in [-0.15, -0.1) is 0 Å². The minimum atomic E-state index is 0.0673. The van der Waals surface area contributed by atoms with Crippen LogP contribution in [0.1, 0.15) is 61.8 Å². The maximum atomic E-state index is 11.4. The van der Waals surface area contributed by atoms with Crippen LogP contribution in [0.3, 0.4) is 0 Å². The lowest BCUT2D eigenvalue weighted by Crippen LogP contribution is -2.36. The highest BCUT2D eigenvalue weighted by molar-refractivity contribution is 5.78. The highest BCUT2D eigenvalue weighted by Gasteiger charge is 2.25. The van der Waals surface area contributed by atoms with Crippen LogP contribution in [0.4, 0.5) is 0 Å². The van der Waals surface area contributed by atoms with Gasteiger partial charge in [-0.1, -0.05) is 55.4 Å². The molecule has 0 fully saturated rings. The molecular formula is C14H31NO. The van der Waals surface area contributed by atoms with Crippen LogP contribution < -0.4 is 5.32 Å². The average Bonchev–Trinajstić information content (AvgIpc) is 2.10. The monoisotopic (exact) mass is 229 g/mol. The van der Waals surface area contributed by atoms with E-state index in [1.165, 1.54) is 0 Å². The first kappa shape index (κ1) is 17.9. The van der Waals surface area contributed by atoms with E-state index in [-0.39, 0.29) is 17.2 Å². The van der Waals surface area contributed by atoms with Crippen molar-refractivity contribution in [1.82, 2.24) is 5.32 Å². The molecule has 1 N–H and O–H groups in total. The quantitative estimate of drug-likeness (QED) is 0.782. The smallest absolute Gasteiger partial charge is 0.223 e. The lowest BCUT2D eigenvalue weighted by Gasteiger charge is -2.25. The van der Waals surface area contributed by atoms with Crippen molar-refractivity contribution in [2.75, 3.05) is 6.54 Å². The normalized spacial score (nSPS) is 12.8. The van der Waals surface area contributed by atoms with Gasteiger partial charge in [-0.05, 0) is 17.8 Å². The van der Waals surface area contributed by atoms with Crippen molar-refractivity contribution < 1.29 is 4.79 Å². The van der Waals surface area contributed by atoms with E-state index in [2.05, 4.69) is 53.8 Å². The van der Waals surface area contributed by atoms with E-state index in [0.29, 0.717) is 0 Å². The van der Waals surface area contributed by atoms with Gasteiger partial charge in [0.25, 0.3) is 0 Å². The van der Waals surface area contributed by atoms with Gasteiger partial charge >= 0.3 is 0 Å². The summed E-state index contributed by atoms with van der Waals surface area (Å²) in [4.78, 5) is 11.4. The highest BCUT2D eigenvalue weighted by atomic mass is 16.1. The second-order valence-corrected chi connectivity index (χ2v) is 6.11. The van der Waals surface area contributed by atoms with Crippen LogP contribution in [-0.4, -0.2) is 12.5 Å². The molecule has 0 saturated carbocycles. The number of nitrogens with one attached hydrogen (secondary N) is 1. The first-order chi connectivity index (χ1) is 7.12. The number of hydrogen-bond acceptors (Lipinski definition) is 1. The van der Waals surface area contributed by atoms with Crippen molar-refractivity contribution in [3.05, 3.63) is 0 Å². The molecule has 2 heteroatoms. The molecule has 1 amide bonds. The van der Waals surface area contributed by atoms with E-state index >= 15 is 0 Å². The maximum Gasteiger partial charge on any atom is 0.223 e. The molecule has 0 spiro atoms. The second-order valence-electron chi connectivity index (χ2n) is 6.11. The van der Waals surface area contributed by atoms with Crippen LogP contribution in [0.2, 0.25) is 0 Å². The Bertz CT molecular complexity index is 177. The summed E-state index contributed by atoms with van der Waals surface area (Å²) in [5.41, 5.74) is 0.0673. The molecule has 0 radical (unpaired) electrons. The van der Waals surface area contributed by atoms with Crippen molar-refractivity contribution in [3.63, 3.8) is 0 Å². The van der Waals surface area contributed by atoms with Gasteiger partial charge in [-0.2, -0.15) is 0 Å². The predicted octanol–water partition coefficient (Wildman–Crippen LogP) is 3.86. The van der Waals surface area contributed by atoms with Crippen LogP contribution in [0.15, 0.2) is 0 Å². The fourth-order valence-electron chi connectivity index (χ4n) is 0.795. The Labute approximate surface area is 102 Å². The van der Waals surface area contributed by atoms with Gasteiger partial charge in [0.2, 0.25) is 5.91 Å². The first-order valence-corrected chi connectivity index (χ1v) is 6.40.